The zero-order valence-electron chi connectivity index (χ0n) is 10.0. The van der Waals surface area contributed by atoms with Crippen molar-refractivity contribution < 1.29 is 4.79 Å². The van der Waals surface area contributed by atoms with Crippen LogP contribution in [-0.4, -0.2) is 29.4 Å². The molecule has 1 fully saturated rings. The van der Waals surface area contributed by atoms with E-state index in [1.165, 1.54) is 6.42 Å². The van der Waals surface area contributed by atoms with Crippen molar-refractivity contribution in [3.8, 4) is 0 Å². The molecule has 1 heterocycles. The van der Waals surface area contributed by atoms with Crippen molar-refractivity contribution in [1.29, 1.82) is 0 Å². The summed E-state index contributed by atoms with van der Waals surface area (Å²) in [5.41, 5.74) is 5.91. The minimum atomic E-state index is -0.273. The molecule has 0 saturated carbocycles. The first-order valence-corrected chi connectivity index (χ1v) is 6.23. The van der Waals surface area contributed by atoms with Crippen molar-refractivity contribution in [3.63, 3.8) is 0 Å². The molecule has 3 heteroatoms. The summed E-state index contributed by atoms with van der Waals surface area (Å²) in [5.74, 6) is 0.163. The number of carbonyl (C=O) groups is 1. The molecule has 0 bridgehead atoms. The van der Waals surface area contributed by atoms with Crippen molar-refractivity contribution in [3.05, 3.63) is 0 Å². The van der Waals surface area contributed by atoms with Crippen molar-refractivity contribution in [1.82, 2.24) is 4.90 Å². The summed E-state index contributed by atoms with van der Waals surface area (Å²) in [6, 6.07) is 0.115. The number of rotatable bonds is 4. The van der Waals surface area contributed by atoms with E-state index in [0.29, 0.717) is 6.04 Å². The third-order valence-electron chi connectivity index (χ3n) is 3.27. The summed E-state index contributed by atoms with van der Waals surface area (Å²) in [5, 5.41) is 0. The van der Waals surface area contributed by atoms with E-state index < -0.39 is 0 Å². The van der Waals surface area contributed by atoms with Gasteiger partial charge in [-0.3, -0.25) is 4.79 Å². The van der Waals surface area contributed by atoms with Gasteiger partial charge in [-0.2, -0.15) is 0 Å². The second-order valence-corrected chi connectivity index (χ2v) is 4.63. The second-order valence-electron chi connectivity index (χ2n) is 4.63. The Morgan fingerprint density at radius 2 is 2.27 bits per heavy atom. The van der Waals surface area contributed by atoms with E-state index in [-0.39, 0.29) is 11.9 Å². The number of unbranched alkanes of at least 4 members (excludes halogenated alkanes) is 1. The van der Waals surface area contributed by atoms with Crippen molar-refractivity contribution in [2.45, 2.75) is 64.5 Å². The maximum Gasteiger partial charge on any atom is 0.239 e. The van der Waals surface area contributed by atoms with Crippen molar-refractivity contribution >= 4 is 5.91 Å². The Labute approximate surface area is 93.0 Å². The molecule has 1 aliphatic heterocycles. The molecular weight excluding hydrogens is 188 g/mol. The number of likely N-dealkylation sites (tertiary alicyclic amines) is 1. The maximum absolute atomic E-state index is 12.0. The number of piperidine rings is 1. The Hall–Kier alpha value is -0.570. The molecule has 1 unspecified atom stereocenters. The molecule has 0 aromatic carbocycles. The number of amides is 1. The first kappa shape index (κ1) is 12.5. The summed E-state index contributed by atoms with van der Waals surface area (Å²) in [6.45, 7) is 5.16. The van der Waals surface area contributed by atoms with E-state index in [1.807, 2.05) is 4.90 Å². The largest absolute Gasteiger partial charge is 0.339 e. The Balaban J connectivity index is 2.43. The van der Waals surface area contributed by atoms with Crippen LogP contribution in [0, 0.1) is 0 Å². The van der Waals surface area contributed by atoms with E-state index in [0.717, 1.165) is 38.6 Å². The van der Waals surface area contributed by atoms with Crippen LogP contribution in [0.5, 0.6) is 0 Å². The van der Waals surface area contributed by atoms with Gasteiger partial charge in [-0.1, -0.05) is 19.8 Å². The molecule has 2 N–H and O–H groups in total. The smallest absolute Gasteiger partial charge is 0.239 e. The summed E-state index contributed by atoms with van der Waals surface area (Å²) in [6.07, 6.45) is 6.50. The van der Waals surface area contributed by atoms with Gasteiger partial charge < -0.3 is 10.6 Å². The number of hydrogen-bond donors (Lipinski definition) is 1. The first-order valence-electron chi connectivity index (χ1n) is 6.23. The monoisotopic (exact) mass is 212 g/mol. The van der Waals surface area contributed by atoms with Gasteiger partial charge in [0.15, 0.2) is 0 Å². The molecule has 1 aliphatic rings. The van der Waals surface area contributed by atoms with Crippen LogP contribution in [0.1, 0.15) is 52.4 Å². The Bertz CT molecular complexity index is 206. The highest BCUT2D eigenvalue weighted by atomic mass is 16.2. The summed E-state index contributed by atoms with van der Waals surface area (Å²) >= 11 is 0. The molecule has 0 aliphatic carbocycles. The molecule has 1 amide bonds. The first-order chi connectivity index (χ1) is 7.16. The zero-order valence-corrected chi connectivity index (χ0v) is 10.0. The molecule has 15 heavy (non-hydrogen) atoms. The van der Waals surface area contributed by atoms with E-state index in [2.05, 4.69) is 13.8 Å². The number of nitrogens with zero attached hydrogens (tertiary/aromatic N) is 1. The topological polar surface area (TPSA) is 46.3 Å². The van der Waals surface area contributed by atoms with Gasteiger partial charge in [-0.25, -0.2) is 0 Å². The van der Waals surface area contributed by atoms with Crippen LogP contribution in [0.4, 0.5) is 0 Å². The molecule has 1 saturated heterocycles. The highest BCUT2D eigenvalue weighted by Crippen LogP contribution is 2.17. The summed E-state index contributed by atoms with van der Waals surface area (Å²) in [4.78, 5) is 14.0. The molecule has 0 radical (unpaired) electrons. The lowest BCUT2D eigenvalue weighted by Gasteiger charge is -2.35. The molecule has 0 spiro atoms. The number of hydrogen-bond acceptors (Lipinski definition) is 2. The van der Waals surface area contributed by atoms with Gasteiger partial charge in [0.05, 0.1) is 6.04 Å². The minimum Gasteiger partial charge on any atom is -0.339 e. The van der Waals surface area contributed by atoms with Gasteiger partial charge in [0.2, 0.25) is 5.91 Å². The lowest BCUT2D eigenvalue weighted by Crippen LogP contribution is -2.49. The van der Waals surface area contributed by atoms with Gasteiger partial charge in [0.1, 0.15) is 0 Å². The summed E-state index contributed by atoms with van der Waals surface area (Å²) in [7, 11) is 0. The lowest BCUT2D eigenvalue weighted by atomic mass is 10.0. The predicted octanol–water partition coefficient (Wildman–Crippen LogP) is 1.90. The fourth-order valence-electron chi connectivity index (χ4n) is 2.19. The Morgan fingerprint density at radius 3 is 2.87 bits per heavy atom. The van der Waals surface area contributed by atoms with E-state index in [9.17, 15) is 4.79 Å². The number of carbonyl (C=O) groups excluding carboxylic acids is 1. The average Bonchev–Trinajstić information content (AvgIpc) is 2.25. The average molecular weight is 212 g/mol. The van der Waals surface area contributed by atoms with E-state index in [4.69, 9.17) is 5.73 Å². The Morgan fingerprint density at radius 1 is 1.53 bits per heavy atom. The van der Waals surface area contributed by atoms with Crippen LogP contribution >= 0.6 is 0 Å². The van der Waals surface area contributed by atoms with Crippen LogP contribution in [-0.2, 0) is 4.79 Å². The van der Waals surface area contributed by atoms with Crippen molar-refractivity contribution in [2.75, 3.05) is 6.54 Å². The molecular formula is C12H24N2O. The van der Waals surface area contributed by atoms with Crippen LogP contribution in [0.2, 0.25) is 0 Å². The van der Waals surface area contributed by atoms with Crippen molar-refractivity contribution in [2.24, 2.45) is 5.73 Å². The van der Waals surface area contributed by atoms with Gasteiger partial charge in [-0.05, 0) is 32.6 Å². The number of nitrogens with two attached hydrogens (primary N) is 1. The van der Waals surface area contributed by atoms with Gasteiger partial charge in [0, 0.05) is 12.6 Å². The molecule has 3 nitrogen and oxygen atoms in total. The van der Waals surface area contributed by atoms with Crippen LogP contribution in [0.15, 0.2) is 0 Å². The second kappa shape index (κ2) is 6.11. The highest BCUT2D eigenvalue weighted by Gasteiger charge is 2.26. The molecule has 88 valence electrons. The van der Waals surface area contributed by atoms with Gasteiger partial charge in [0.25, 0.3) is 0 Å². The molecule has 1 rings (SSSR count). The molecule has 0 aromatic rings. The molecule has 2 atom stereocenters. The van der Waals surface area contributed by atoms with E-state index in [1.54, 1.807) is 0 Å². The van der Waals surface area contributed by atoms with Crippen LogP contribution < -0.4 is 5.73 Å². The van der Waals surface area contributed by atoms with E-state index >= 15 is 0 Å². The third kappa shape index (κ3) is 3.49. The van der Waals surface area contributed by atoms with Crippen LogP contribution in [0.25, 0.3) is 0 Å². The van der Waals surface area contributed by atoms with Gasteiger partial charge in [-0.15, -0.1) is 0 Å². The predicted molar refractivity (Wildman–Crippen MR) is 62.5 cm³/mol. The normalized spacial score (nSPS) is 23.9. The Kier molecular flexibility index (Phi) is 5.09. The fraction of sp³-hybridized carbons (Fsp3) is 0.917. The summed E-state index contributed by atoms with van der Waals surface area (Å²) < 4.78 is 0. The van der Waals surface area contributed by atoms with Gasteiger partial charge >= 0.3 is 0 Å². The highest BCUT2D eigenvalue weighted by molar-refractivity contribution is 5.82. The lowest BCUT2D eigenvalue weighted by molar-refractivity contribution is -0.136. The SMILES string of the molecule is CCCC[C@H](N)C(=O)N1CCCCC1C. The van der Waals surface area contributed by atoms with Crippen LogP contribution in [0.3, 0.4) is 0 Å². The third-order valence-corrected chi connectivity index (χ3v) is 3.27. The molecule has 0 aromatic heterocycles. The fourth-order valence-corrected chi connectivity index (χ4v) is 2.19. The maximum atomic E-state index is 12.0. The minimum absolute atomic E-state index is 0.163. The quantitative estimate of drug-likeness (QED) is 0.773. The standard InChI is InChI=1S/C12H24N2O/c1-3-4-8-11(13)12(15)14-9-6-5-7-10(14)2/h10-11H,3-9,13H2,1-2H3/t10?,11-/m0/s1. The zero-order chi connectivity index (χ0) is 11.3.